The van der Waals surface area contributed by atoms with Crippen molar-refractivity contribution < 1.29 is 56.0 Å². The number of hydrogen-bond donors (Lipinski definition) is 0. The average molecular weight is 580 g/mol. The van der Waals surface area contributed by atoms with Gasteiger partial charge in [-0.1, -0.05) is 36.4 Å². The number of halogens is 10. The van der Waals surface area contributed by atoms with E-state index in [1.54, 1.807) is 0 Å². The van der Waals surface area contributed by atoms with Crippen LogP contribution in [0.3, 0.4) is 0 Å². The number of alkyl halides is 9. The molecule has 3 nitrogen and oxygen atoms in total. The minimum Gasteiger partial charge on any atom is -0.207 e. The summed E-state index contributed by atoms with van der Waals surface area (Å²) in [5.41, 5.74) is 0. The topological polar surface area (TPSA) is 43.4 Å². The Morgan fingerprint density at radius 2 is 0.919 bits per heavy atom. The monoisotopic (exact) mass is 580 g/mol. The molecule has 0 atom stereocenters. The van der Waals surface area contributed by atoms with Crippen molar-refractivity contribution in [2.45, 2.75) is 38.0 Å². The normalized spacial score (nSPS) is 14.4. The smallest absolute Gasteiger partial charge is 0.207 e. The molecular weight excluding hydrogens is 566 g/mol. The lowest BCUT2D eigenvalue weighted by atomic mass is 10.1. The molecule has 0 heterocycles. The summed E-state index contributed by atoms with van der Waals surface area (Å²) in [6.45, 7) is 0. The van der Waals surface area contributed by atoms with Crippen LogP contribution in [0.2, 0.25) is 0 Å². The fraction of sp³-hybridized carbons (Fsp3) is 0.182. The Hall–Kier alpha value is -2.78. The van der Waals surface area contributed by atoms with E-state index in [9.17, 15) is 52.3 Å². The molecule has 0 aliphatic carbocycles. The lowest BCUT2D eigenvalue weighted by Gasteiger charge is -2.41. The third kappa shape index (κ3) is 4.68. The van der Waals surface area contributed by atoms with Gasteiger partial charge in [0.25, 0.3) is 0 Å². The highest BCUT2D eigenvalue weighted by atomic mass is 32.3. The fourth-order valence-electron chi connectivity index (χ4n) is 3.07. The Bertz CT molecular complexity index is 1290. The minimum absolute atomic E-state index is 0.266. The first-order valence-corrected chi connectivity index (χ1v) is 12.7. The molecule has 0 aromatic heterocycles. The number of hydrogen-bond acceptors (Lipinski definition) is 3. The fourth-order valence-corrected chi connectivity index (χ4v) is 8.29. The van der Waals surface area contributed by atoms with E-state index in [1.165, 1.54) is 36.4 Å². The summed E-state index contributed by atoms with van der Waals surface area (Å²) in [6.07, 6.45) is -7.24. The van der Waals surface area contributed by atoms with Gasteiger partial charge in [-0.05, 0) is 58.8 Å². The molecule has 0 saturated carbocycles. The van der Waals surface area contributed by atoms with Crippen molar-refractivity contribution in [1.29, 1.82) is 0 Å². The van der Waals surface area contributed by atoms with Gasteiger partial charge in [-0.2, -0.15) is 47.9 Å². The summed E-state index contributed by atoms with van der Waals surface area (Å²) in [7, 11) is -11.4. The van der Waals surface area contributed by atoms with Gasteiger partial charge in [0.1, 0.15) is 5.82 Å². The largest absolute Gasteiger partial charge is 0.460 e. The van der Waals surface area contributed by atoms with E-state index in [0.29, 0.717) is 0 Å². The summed E-state index contributed by atoms with van der Waals surface area (Å²) in [5.74, 6) is -15.8. The highest BCUT2D eigenvalue weighted by Gasteiger charge is 2.86. The molecule has 37 heavy (non-hydrogen) atoms. The van der Waals surface area contributed by atoms with Gasteiger partial charge in [0.05, 0.1) is 0 Å². The first-order chi connectivity index (χ1) is 16.9. The minimum atomic E-state index is -7.49. The zero-order valence-electron chi connectivity index (χ0n) is 17.9. The molecule has 0 bridgehead atoms. The van der Waals surface area contributed by atoms with E-state index in [-0.39, 0.29) is 14.7 Å². The van der Waals surface area contributed by atoms with E-state index < -0.39 is 49.5 Å². The molecule has 0 fully saturated rings. The lowest BCUT2D eigenvalue weighted by Crippen LogP contribution is -2.63. The third-order valence-electron chi connectivity index (χ3n) is 4.92. The highest BCUT2D eigenvalue weighted by molar-refractivity contribution is 8.33. The number of rotatable bonds is 8. The maximum Gasteiger partial charge on any atom is 0.460 e. The molecule has 3 aromatic rings. The molecule has 0 saturated heterocycles. The standard InChI is InChI=1S/C22H14F10O3S2/c23-15-11-13-18(14-12-15)36(16-7-3-1-4-8-16,17-9-5-2-6-10-17)35-37(33,34)22(31,32)20(26,27)19(24,25)21(28,29)30/h1-14H. The van der Waals surface area contributed by atoms with E-state index in [1.807, 2.05) is 0 Å². The molecule has 0 amide bonds. The summed E-state index contributed by atoms with van der Waals surface area (Å²) in [6, 6.07) is 15.6. The van der Waals surface area contributed by atoms with E-state index >= 15 is 0 Å². The second-order valence-electron chi connectivity index (χ2n) is 7.32. The van der Waals surface area contributed by atoms with Gasteiger partial charge in [0.15, 0.2) is 0 Å². The molecular formula is C22H14F10O3S2. The van der Waals surface area contributed by atoms with Gasteiger partial charge in [0, 0.05) is 14.7 Å². The Kier molecular flexibility index (Phi) is 7.40. The highest BCUT2D eigenvalue weighted by Crippen LogP contribution is 2.71. The maximum atomic E-state index is 14.7. The van der Waals surface area contributed by atoms with Gasteiger partial charge >= 0.3 is 33.4 Å². The van der Waals surface area contributed by atoms with Gasteiger partial charge in [-0.25, -0.2) is 8.02 Å². The Balaban J connectivity index is 2.34. The molecule has 0 aliphatic heterocycles. The molecule has 0 aliphatic rings. The van der Waals surface area contributed by atoms with Crippen LogP contribution >= 0.6 is 10.3 Å². The summed E-state index contributed by atoms with van der Waals surface area (Å²) in [4.78, 5) is -0.910. The maximum absolute atomic E-state index is 14.7. The summed E-state index contributed by atoms with van der Waals surface area (Å²) >= 11 is 0. The molecule has 0 radical (unpaired) electrons. The second-order valence-corrected chi connectivity index (χ2v) is 11.8. The van der Waals surface area contributed by atoms with Crippen LogP contribution in [-0.4, -0.2) is 31.7 Å². The quantitative estimate of drug-likeness (QED) is 0.256. The van der Waals surface area contributed by atoms with E-state index in [4.69, 9.17) is 0 Å². The predicted octanol–water partition coefficient (Wildman–Crippen LogP) is 7.79. The van der Waals surface area contributed by atoms with Crippen molar-refractivity contribution in [2.24, 2.45) is 0 Å². The molecule has 0 N–H and O–H groups in total. The van der Waals surface area contributed by atoms with Crippen molar-refractivity contribution in [3.8, 4) is 0 Å². The van der Waals surface area contributed by atoms with E-state index in [2.05, 4.69) is 3.63 Å². The van der Waals surface area contributed by atoms with Crippen LogP contribution in [-0.2, 0) is 13.7 Å². The van der Waals surface area contributed by atoms with Gasteiger partial charge in [-0.15, -0.1) is 0 Å². The average Bonchev–Trinajstić information content (AvgIpc) is 2.83. The molecule has 0 spiro atoms. The number of benzene rings is 3. The molecule has 202 valence electrons. The summed E-state index contributed by atoms with van der Waals surface area (Å²) < 4.78 is 166. The first kappa shape index (κ1) is 28.8. The molecule has 0 unspecified atom stereocenters. The Labute approximate surface area is 205 Å². The Morgan fingerprint density at radius 3 is 1.30 bits per heavy atom. The molecule has 3 rings (SSSR count). The Morgan fingerprint density at radius 1 is 0.541 bits per heavy atom. The SMILES string of the molecule is O=S(=O)(OS(c1ccccc1)(c1ccccc1)c1ccc(F)cc1)C(F)(F)C(F)(F)C(F)(F)C(F)(F)F. The van der Waals surface area contributed by atoms with Crippen molar-refractivity contribution >= 4 is 20.4 Å². The van der Waals surface area contributed by atoms with Crippen LogP contribution in [0.15, 0.2) is 99.6 Å². The summed E-state index contributed by atoms with van der Waals surface area (Å²) in [5, 5.41) is -7.08. The first-order valence-electron chi connectivity index (χ1n) is 9.77. The molecule has 3 aromatic carbocycles. The van der Waals surface area contributed by atoms with E-state index in [0.717, 1.165) is 48.5 Å². The zero-order chi connectivity index (χ0) is 27.9. The third-order valence-corrected chi connectivity index (χ3v) is 10.1. The van der Waals surface area contributed by atoms with Gasteiger partial charge < -0.3 is 0 Å². The van der Waals surface area contributed by atoms with Crippen molar-refractivity contribution in [1.82, 2.24) is 0 Å². The van der Waals surface area contributed by atoms with Crippen molar-refractivity contribution in [2.75, 3.05) is 0 Å². The van der Waals surface area contributed by atoms with Crippen LogP contribution in [0.1, 0.15) is 0 Å². The van der Waals surface area contributed by atoms with Crippen molar-refractivity contribution in [3.05, 3.63) is 90.7 Å². The van der Waals surface area contributed by atoms with Crippen LogP contribution in [0.5, 0.6) is 0 Å². The lowest BCUT2D eigenvalue weighted by molar-refractivity contribution is -0.382. The van der Waals surface area contributed by atoms with Crippen LogP contribution in [0.25, 0.3) is 0 Å². The van der Waals surface area contributed by atoms with Crippen LogP contribution in [0, 0.1) is 5.82 Å². The van der Waals surface area contributed by atoms with Gasteiger partial charge in [0.2, 0.25) is 0 Å². The zero-order valence-corrected chi connectivity index (χ0v) is 19.5. The van der Waals surface area contributed by atoms with Crippen molar-refractivity contribution in [3.63, 3.8) is 0 Å². The van der Waals surface area contributed by atoms with Crippen LogP contribution < -0.4 is 0 Å². The predicted molar refractivity (Wildman–Crippen MR) is 113 cm³/mol. The molecule has 15 heteroatoms. The second kappa shape index (κ2) is 9.51. The van der Waals surface area contributed by atoms with Gasteiger partial charge in [-0.3, -0.25) is 0 Å². The van der Waals surface area contributed by atoms with Crippen LogP contribution in [0.4, 0.5) is 43.9 Å².